The van der Waals surface area contributed by atoms with Crippen LogP contribution in [0.15, 0.2) is 24.3 Å². The molecule has 0 unspecified atom stereocenters. The lowest BCUT2D eigenvalue weighted by Gasteiger charge is -2.62. The molecule has 4 aliphatic carbocycles. The maximum atomic E-state index is 13.6. The van der Waals surface area contributed by atoms with Crippen LogP contribution >= 0.6 is 0 Å². The lowest BCUT2D eigenvalue weighted by atomic mass is 9.44. The second kappa shape index (κ2) is 8.40. The van der Waals surface area contributed by atoms with E-state index in [0.717, 1.165) is 36.7 Å². The number of hydrogen-bond donors (Lipinski definition) is 1. The monoisotopic (exact) mass is 500 g/mol. The molecule has 0 aliphatic heterocycles. The second-order valence-corrected chi connectivity index (χ2v) is 19.5. The van der Waals surface area contributed by atoms with Crippen molar-refractivity contribution in [2.75, 3.05) is 0 Å². The van der Waals surface area contributed by atoms with E-state index in [1.165, 1.54) is 50.7 Å². The van der Waals surface area contributed by atoms with Crippen molar-refractivity contribution in [2.24, 2.45) is 34.5 Å². The molecule has 5 rings (SSSR count). The van der Waals surface area contributed by atoms with E-state index >= 15 is 0 Å². The highest BCUT2D eigenvalue weighted by Crippen LogP contribution is 2.70. The van der Waals surface area contributed by atoms with Crippen LogP contribution in [0, 0.1) is 40.3 Å². The summed E-state index contributed by atoms with van der Waals surface area (Å²) < 4.78 is 20.6. The largest absolute Gasteiger partial charge is 0.414 e. The van der Waals surface area contributed by atoms with Crippen LogP contribution in [-0.2, 0) is 10.0 Å². The number of halogens is 1. The van der Waals surface area contributed by atoms with E-state index in [4.69, 9.17) is 4.43 Å². The Morgan fingerprint density at radius 2 is 1.57 bits per heavy atom. The van der Waals surface area contributed by atoms with Gasteiger partial charge in [0, 0.05) is 11.5 Å². The number of rotatable bonds is 3. The van der Waals surface area contributed by atoms with Crippen molar-refractivity contribution in [3.63, 3.8) is 0 Å². The van der Waals surface area contributed by atoms with E-state index in [1.54, 1.807) is 0 Å². The highest BCUT2D eigenvalue weighted by molar-refractivity contribution is 6.74. The topological polar surface area (TPSA) is 29.5 Å². The first-order valence-electron chi connectivity index (χ1n) is 14.4. The molecule has 4 heteroatoms. The Morgan fingerprint density at radius 3 is 2.23 bits per heavy atom. The lowest BCUT2D eigenvalue weighted by molar-refractivity contribution is -0.160. The third kappa shape index (κ3) is 3.91. The molecule has 1 N–H and O–H groups in total. The van der Waals surface area contributed by atoms with E-state index in [2.05, 4.69) is 47.7 Å². The Kier molecular flexibility index (Phi) is 6.22. The summed E-state index contributed by atoms with van der Waals surface area (Å²) in [5.41, 5.74) is 0.389. The molecule has 0 amide bonds. The maximum absolute atomic E-state index is 13.6. The zero-order chi connectivity index (χ0) is 25.4. The fourth-order valence-corrected chi connectivity index (χ4v) is 10.5. The van der Waals surface area contributed by atoms with Crippen LogP contribution in [0.2, 0.25) is 18.1 Å². The first-order valence-corrected chi connectivity index (χ1v) is 17.3. The summed E-state index contributed by atoms with van der Waals surface area (Å²) in [6, 6.07) is 6.70. The third-order valence-electron chi connectivity index (χ3n) is 12.4. The first kappa shape index (κ1) is 25.9. The summed E-state index contributed by atoms with van der Waals surface area (Å²) in [4.78, 5) is 0. The molecule has 1 aromatic rings. The Balaban J connectivity index is 1.34. The van der Waals surface area contributed by atoms with Crippen LogP contribution in [0.4, 0.5) is 4.39 Å². The van der Waals surface area contributed by atoms with Crippen LogP contribution in [0.3, 0.4) is 0 Å². The predicted octanol–water partition coefficient (Wildman–Crippen LogP) is 8.45. The standard InChI is InChI=1S/C31H49FO2Si/c1-28(2,3)35(6,7)34-24-14-17-29(4)22(20-24)10-13-25-26(29)15-18-30(5)27(25)16-19-31(30,33)21-8-11-23(32)12-9-21/h8-9,11-12,22,24-27,33H,10,13-20H2,1-7H3/t22-,24-,25+,26-,27-,29-,30-,31+/m0/s1. The summed E-state index contributed by atoms with van der Waals surface area (Å²) in [5.74, 6) is 2.59. The molecule has 2 nitrogen and oxygen atoms in total. The normalized spacial score (nSPS) is 43.9. The van der Waals surface area contributed by atoms with Crippen LogP contribution < -0.4 is 0 Å². The molecule has 0 aromatic heterocycles. The van der Waals surface area contributed by atoms with Crippen molar-refractivity contribution in [1.29, 1.82) is 0 Å². The van der Waals surface area contributed by atoms with Crippen molar-refractivity contribution in [3.05, 3.63) is 35.6 Å². The van der Waals surface area contributed by atoms with Gasteiger partial charge in [0.15, 0.2) is 8.32 Å². The van der Waals surface area contributed by atoms with Gasteiger partial charge in [-0.1, -0.05) is 46.8 Å². The van der Waals surface area contributed by atoms with Gasteiger partial charge in [-0.3, -0.25) is 0 Å². The molecular formula is C31H49FO2Si. The molecule has 0 spiro atoms. The zero-order valence-corrected chi connectivity index (χ0v) is 24.3. The molecule has 8 atom stereocenters. The van der Waals surface area contributed by atoms with Gasteiger partial charge in [0.25, 0.3) is 0 Å². The molecule has 4 saturated carbocycles. The SMILES string of the molecule is CC(C)(C)[Si](C)(C)O[C@H]1CC[C@@]2(C)[C@@H](CC[C@@H]3[C@@H]2CC[C@@]2(C)[C@H]3CC[C@@]2(O)c2ccc(F)cc2)C1. The minimum atomic E-state index is -1.74. The lowest BCUT2D eigenvalue weighted by Crippen LogP contribution is -2.56. The predicted molar refractivity (Wildman–Crippen MR) is 144 cm³/mol. The third-order valence-corrected chi connectivity index (χ3v) is 16.9. The van der Waals surface area contributed by atoms with Gasteiger partial charge in [-0.05, 0) is 123 Å². The van der Waals surface area contributed by atoms with Gasteiger partial charge in [0.2, 0.25) is 0 Å². The average Bonchev–Trinajstić information content (AvgIpc) is 3.05. The van der Waals surface area contributed by atoms with Crippen LogP contribution in [-0.4, -0.2) is 19.5 Å². The van der Waals surface area contributed by atoms with Gasteiger partial charge in [-0.15, -0.1) is 0 Å². The van der Waals surface area contributed by atoms with Crippen molar-refractivity contribution in [1.82, 2.24) is 0 Å². The summed E-state index contributed by atoms with van der Waals surface area (Å²) in [6.07, 6.45) is 11.0. The molecule has 0 heterocycles. The van der Waals surface area contributed by atoms with Gasteiger partial charge in [-0.25, -0.2) is 4.39 Å². The second-order valence-electron chi connectivity index (χ2n) is 14.8. The first-order chi connectivity index (χ1) is 16.2. The van der Waals surface area contributed by atoms with Gasteiger partial charge in [0.05, 0.1) is 5.60 Å². The Morgan fingerprint density at radius 1 is 0.914 bits per heavy atom. The molecule has 35 heavy (non-hydrogen) atoms. The fraction of sp³-hybridized carbons (Fsp3) is 0.806. The highest BCUT2D eigenvalue weighted by atomic mass is 28.4. The average molecular weight is 501 g/mol. The summed E-state index contributed by atoms with van der Waals surface area (Å²) in [6.45, 7) is 16.8. The Hall–Kier alpha value is -0.713. The van der Waals surface area contributed by atoms with E-state index < -0.39 is 13.9 Å². The van der Waals surface area contributed by atoms with E-state index in [0.29, 0.717) is 23.4 Å². The summed E-state index contributed by atoms with van der Waals surface area (Å²) >= 11 is 0. The molecule has 0 bridgehead atoms. The van der Waals surface area contributed by atoms with Crippen molar-refractivity contribution >= 4 is 8.32 Å². The number of benzene rings is 1. The van der Waals surface area contributed by atoms with Crippen LogP contribution in [0.5, 0.6) is 0 Å². The molecule has 0 radical (unpaired) electrons. The van der Waals surface area contributed by atoms with Gasteiger partial charge < -0.3 is 9.53 Å². The highest BCUT2D eigenvalue weighted by Gasteiger charge is 2.65. The summed E-state index contributed by atoms with van der Waals surface area (Å²) in [7, 11) is -1.74. The fourth-order valence-electron chi connectivity index (χ4n) is 9.14. The van der Waals surface area contributed by atoms with Gasteiger partial charge in [-0.2, -0.15) is 0 Å². The van der Waals surface area contributed by atoms with E-state index in [-0.39, 0.29) is 16.3 Å². The van der Waals surface area contributed by atoms with Gasteiger partial charge >= 0.3 is 0 Å². The molecule has 0 saturated heterocycles. The quantitative estimate of drug-likeness (QED) is 0.422. The van der Waals surface area contributed by atoms with Gasteiger partial charge in [0.1, 0.15) is 5.82 Å². The van der Waals surface area contributed by atoms with Crippen molar-refractivity contribution in [2.45, 2.75) is 122 Å². The van der Waals surface area contributed by atoms with Crippen molar-refractivity contribution < 1.29 is 13.9 Å². The maximum Gasteiger partial charge on any atom is 0.192 e. The van der Waals surface area contributed by atoms with E-state index in [9.17, 15) is 9.50 Å². The molecule has 4 aliphatic rings. The summed E-state index contributed by atoms with van der Waals surface area (Å²) in [5, 5.41) is 12.3. The number of aliphatic hydroxyl groups is 1. The number of hydrogen-bond acceptors (Lipinski definition) is 2. The molecular weight excluding hydrogens is 451 g/mol. The minimum Gasteiger partial charge on any atom is -0.414 e. The Labute approximate surface area is 214 Å². The Bertz CT molecular complexity index is 938. The molecule has 196 valence electrons. The minimum absolute atomic E-state index is 0.113. The van der Waals surface area contributed by atoms with Crippen molar-refractivity contribution in [3.8, 4) is 0 Å². The van der Waals surface area contributed by atoms with Crippen LogP contribution in [0.25, 0.3) is 0 Å². The van der Waals surface area contributed by atoms with Crippen LogP contribution in [0.1, 0.15) is 98.0 Å². The number of fused-ring (bicyclic) bond motifs is 5. The molecule has 4 fully saturated rings. The van der Waals surface area contributed by atoms with E-state index in [1.807, 2.05) is 12.1 Å². The molecule has 1 aromatic carbocycles. The zero-order valence-electron chi connectivity index (χ0n) is 23.3. The smallest absolute Gasteiger partial charge is 0.192 e.